The Morgan fingerprint density at radius 3 is 2.55 bits per heavy atom. The number of hydrogen-bond donors (Lipinski definition) is 2. The summed E-state index contributed by atoms with van der Waals surface area (Å²) in [5.74, 6) is 0.122. The van der Waals surface area contributed by atoms with Gasteiger partial charge in [0.2, 0.25) is 0 Å². The Balaban J connectivity index is 0.00000405. The zero-order valence-electron chi connectivity index (χ0n) is 23.9. The summed E-state index contributed by atoms with van der Waals surface area (Å²) in [7, 11) is 0. The summed E-state index contributed by atoms with van der Waals surface area (Å²) in [5, 5.41) is 22.1. The highest BCUT2D eigenvalue weighted by atomic mass is 35.5. The second kappa shape index (κ2) is 13.6. The van der Waals surface area contributed by atoms with E-state index in [4.69, 9.17) is 16.6 Å². The highest BCUT2D eigenvalue weighted by molar-refractivity contribution is 7.99. The van der Waals surface area contributed by atoms with Gasteiger partial charge in [0.25, 0.3) is 0 Å². The van der Waals surface area contributed by atoms with E-state index in [-0.39, 0.29) is 29.5 Å². The first-order chi connectivity index (χ1) is 19.6. The molecule has 1 unspecified atom stereocenters. The molecule has 1 fully saturated rings. The number of benzene rings is 3. The molecule has 7 heteroatoms. The second-order valence-electron chi connectivity index (χ2n) is 11.7. The van der Waals surface area contributed by atoms with E-state index in [9.17, 15) is 15.0 Å². The first-order valence-corrected chi connectivity index (χ1v) is 15.5. The van der Waals surface area contributed by atoms with Gasteiger partial charge >= 0.3 is 5.97 Å². The van der Waals surface area contributed by atoms with Crippen LogP contribution in [0.15, 0.2) is 78.9 Å². The lowest BCUT2D eigenvalue weighted by molar-refractivity contribution is -0.138. The number of aryl methyl sites for hydroxylation is 1. The predicted molar refractivity (Wildman–Crippen MR) is 178 cm³/mol. The fourth-order valence-electron chi connectivity index (χ4n) is 5.36. The third-order valence-electron chi connectivity index (χ3n) is 7.83. The average Bonchev–Trinajstić information content (AvgIpc) is 3.70. The summed E-state index contributed by atoms with van der Waals surface area (Å²) in [6, 6.07) is 26.5. The van der Waals surface area contributed by atoms with Gasteiger partial charge in [0.05, 0.1) is 23.2 Å². The van der Waals surface area contributed by atoms with Crippen LogP contribution in [0.2, 0.25) is 5.02 Å². The molecule has 4 nitrogen and oxygen atoms in total. The van der Waals surface area contributed by atoms with Gasteiger partial charge in [-0.25, -0.2) is 4.98 Å². The number of carboxylic acid groups (broad SMARTS) is 1. The molecule has 4 aromatic rings. The summed E-state index contributed by atoms with van der Waals surface area (Å²) >= 11 is 8.04. The predicted octanol–water partition coefficient (Wildman–Crippen LogP) is 9.37. The number of aromatic nitrogens is 1. The standard InChI is InChI=1S/C35H36ClNO3S.ClH/c1-34(2,40)30-9-4-3-7-25(30)13-17-32(41-23-35(18-19-35)22-33(38)39)27-8-5-6-24(20-27)10-15-29-16-12-26-11-14-28(36)21-31(26)37-29;/h3-12,14-16,20-21,32,40H,13,17-19,22-23H2,1-2H3,(H,38,39);1H/b15-10+;. The number of aliphatic hydroxyl groups is 1. The first-order valence-electron chi connectivity index (χ1n) is 14.1. The molecule has 1 aromatic heterocycles. The lowest BCUT2D eigenvalue weighted by Gasteiger charge is -2.24. The minimum absolute atomic E-state index is 0. The molecule has 220 valence electrons. The molecule has 1 atom stereocenters. The SMILES string of the molecule is CC(C)(O)c1ccccc1CCC(SCC1(CC(=O)O)CC1)c1cccc(/C=C/c2ccc3ccc(Cl)cc3n2)c1.Cl. The van der Waals surface area contributed by atoms with Gasteiger partial charge in [0.15, 0.2) is 0 Å². The van der Waals surface area contributed by atoms with Crippen molar-refractivity contribution in [3.63, 3.8) is 0 Å². The Bertz CT molecular complexity index is 1580. The number of fused-ring (bicyclic) bond motifs is 1. The molecule has 0 aliphatic heterocycles. The van der Waals surface area contributed by atoms with Crippen molar-refractivity contribution in [1.29, 1.82) is 0 Å². The lowest BCUT2D eigenvalue weighted by Crippen LogP contribution is -2.18. The minimum atomic E-state index is -0.911. The maximum absolute atomic E-state index is 11.5. The molecule has 0 radical (unpaired) electrons. The number of pyridine rings is 1. The number of nitrogens with zero attached hydrogens (tertiary/aromatic N) is 1. The molecule has 0 bridgehead atoms. The molecular weight excluding hydrogens is 585 g/mol. The van der Waals surface area contributed by atoms with E-state index in [0.717, 1.165) is 64.7 Å². The van der Waals surface area contributed by atoms with E-state index in [1.54, 1.807) is 0 Å². The quantitative estimate of drug-likeness (QED) is 0.165. The smallest absolute Gasteiger partial charge is 0.303 e. The molecule has 0 spiro atoms. The van der Waals surface area contributed by atoms with E-state index < -0.39 is 11.6 Å². The van der Waals surface area contributed by atoms with Gasteiger partial charge in [0.1, 0.15) is 0 Å². The van der Waals surface area contributed by atoms with Gasteiger partial charge in [0, 0.05) is 21.4 Å². The number of aliphatic carboxylic acids is 1. The van der Waals surface area contributed by atoms with Crippen molar-refractivity contribution < 1.29 is 15.0 Å². The van der Waals surface area contributed by atoms with E-state index in [1.165, 1.54) is 5.56 Å². The zero-order valence-corrected chi connectivity index (χ0v) is 26.3. The molecule has 1 aliphatic rings. The Hall–Kier alpha value is -2.83. The summed E-state index contributed by atoms with van der Waals surface area (Å²) in [6.07, 6.45) is 8.02. The van der Waals surface area contributed by atoms with Crippen LogP contribution in [0.3, 0.4) is 0 Å². The number of hydrogen-bond acceptors (Lipinski definition) is 4. The molecule has 3 aromatic carbocycles. The van der Waals surface area contributed by atoms with Crippen molar-refractivity contribution in [2.45, 2.75) is 56.8 Å². The highest BCUT2D eigenvalue weighted by Gasteiger charge is 2.44. The topological polar surface area (TPSA) is 70.4 Å². The van der Waals surface area contributed by atoms with Gasteiger partial charge in [-0.05, 0) is 91.5 Å². The molecule has 5 rings (SSSR count). The van der Waals surface area contributed by atoms with Crippen molar-refractivity contribution in [1.82, 2.24) is 4.98 Å². The van der Waals surface area contributed by atoms with Crippen LogP contribution in [-0.2, 0) is 16.8 Å². The molecule has 42 heavy (non-hydrogen) atoms. The number of halogens is 2. The van der Waals surface area contributed by atoms with E-state index >= 15 is 0 Å². The molecule has 1 heterocycles. The fraction of sp³-hybridized carbons (Fsp3) is 0.314. The van der Waals surface area contributed by atoms with Crippen LogP contribution >= 0.6 is 35.8 Å². The van der Waals surface area contributed by atoms with Crippen LogP contribution in [0.25, 0.3) is 23.1 Å². The van der Waals surface area contributed by atoms with E-state index in [2.05, 4.69) is 42.5 Å². The van der Waals surface area contributed by atoms with Crippen molar-refractivity contribution >= 4 is 64.8 Å². The normalized spacial score (nSPS) is 15.0. The molecule has 1 saturated carbocycles. The number of thioether (sulfide) groups is 1. The summed E-state index contributed by atoms with van der Waals surface area (Å²) in [6.45, 7) is 3.66. The highest BCUT2D eigenvalue weighted by Crippen LogP contribution is 2.53. The number of rotatable bonds is 12. The van der Waals surface area contributed by atoms with Crippen molar-refractivity contribution in [3.05, 3.63) is 112 Å². The van der Waals surface area contributed by atoms with Crippen LogP contribution < -0.4 is 0 Å². The van der Waals surface area contributed by atoms with Crippen LogP contribution in [0.1, 0.15) is 72.7 Å². The zero-order chi connectivity index (χ0) is 29.0. The molecule has 2 N–H and O–H groups in total. The van der Waals surface area contributed by atoms with Crippen molar-refractivity contribution in [2.24, 2.45) is 5.41 Å². The third-order valence-corrected chi connectivity index (χ3v) is 9.76. The Morgan fingerprint density at radius 2 is 1.81 bits per heavy atom. The molecule has 0 saturated heterocycles. The summed E-state index contributed by atoms with van der Waals surface area (Å²) in [5.41, 5.74) is 5.15. The Kier molecular flexibility index (Phi) is 10.4. The van der Waals surface area contributed by atoms with Gasteiger partial charge in [-0.15, -0.1) is 12.4 Å². The molecule has 1 aliphatic carbocycles. The maximum atomic E-state index is 11.5. The van der Waals surface area contributed by atoms with Crippen molar-refractivity contribution in [2.75, 3.05) is 5.75 Å². The second-order valence-corrected chi connectivity index (χ2v) is 13.3. The monoisotopic (exact) mass is 621 g/mol. The largest absolute Gasteiger partial charge is 0.481 e. The van der Waals surface area contributed by atoms with Crippen LogP contribution in [0.5, 0.6) is 0 Å². The summed E-state index contributed by atoms with van der Waals surface area (Å²) < 4.78 is 0. The summed E-state index contributed by atoms with van der Waals surface area (Å²) in [4.78, 5) is 16.2. The molecule has 0 amide bonds. The molecular formula is C35H37Cl2NO3S. The number of carboxylic acids is 1. The minimum Gasteiger partial charge on any atom is -0.481 e. The van der Waals surface area contributed by atoms with Crippen LogP contribution in [0.4, 0.5) is 0 Å². The van der Waals surface area contributed by atoms with Gasteiger partial charge in [-0.3, -0.25) is 4.79 Å². The average molecular weight is 623 g/mol. The Labute approximate surface area is 263 Å². The maximum Gasteiger partial charge on any atom is 0.303 e. The fourth-order valence-corrected chi connectivity index (χ4v) is 7.09. The Morgan fingerprint density at radius 1 is 1.05 bits per heavy atom. The van der Waals surface area contributed by atoms with Gasteiger partial charge in [-0.1, -0.05) is 78.3 Å². The van der Waals surface area contributed by atoms with Crippen molar-refractivity contribution in [3.8, 4) is 0 Å². The van der Waals surface area contributed by atoms with Gasteiger partial charge < -0.3 is 10.2 Å². The number of carbonyl (C=O) groups is 1. The van der Waals surface area contributed by atoms with E-state index in [0.29, 0.717) is 5.02 Å². The van der Waals surface area contributed by atoms with Crippen LogP contribution in [0, 0.1) is 5.41 Å². The van der Waals surface area contributed by atoms with Crippen LogP contribution in [-0.4, -0.2) is 26.9 Å². The first kappa shape index (κ1) is 32.1. The van der Waals surface area contributed by atoms with Gasteiger partial charge in [-0.2, -0.15) is 11.8 Å². The van der Waals surface area contributed by atoms with E-state index in [1.807, 2.05) is 74.1 Å². The third kappa shape index (κ3) is 8.38. The lowest BCUT2D eigenvalue weighted by atomic mass is 9.90.